The van der Waals surface area contributed by atoms with Crippen LogP contribution in [0.3, 0.4) is 0 Å². The molecule has 35 heavy (non-hydrogen) atoms. The van der Waals surface area contributed by atoms with Crippen molar-refractivity contribution >= 4 is 39.6 Å². The Morgan fingerprint density at radius 3 is 2.69 bits per heavy atom. The number of fused-ring (bicyclic) bond motifs is 1. The highest BCUT2D eigenvalue weighted by Crippen LogP contribution is 2.42. The number of ether oxygens (including phenoxy) is 3. The smallest absolute Gasteiger partial charge is 0.465 e. The van der Waals surface area contributed by atoms with Crippen LogP contribution in [0.2, 0.25) is 0 Å². The lowest BCUT2D eigenvalue weighted by molar-refractivity contribution is -0.109. The van der Waals surface area contributed by atoms with Crippen LogP contribution >= 0.6 is 15.9 Å². The first-order valence-electron chi connectivity index (χ1n) is 11.0. The number of aromatic nitrogens is 4. The van der Waals surface area contributed by atoms with Gasteiger partial charge in [0.25, 0.3) is 0 Å². The van der Waals surface area contributed by atoms with Crippen LogP contribution in [0.25, 0.3) is 5.65 Å². The molecular weight excluding hydrogens is 522 g/mol. The highest BCUT2D eigenvalue weighted by molar-refractivity contribution is 9.10. The minimum absolute atomic E-state index is 0.0385. The minimum Gasteiger partial charge on any atom is -0.465 e. The Morgan fingerprint density at radius 2 is 2.06 bits per heavy atom. The van der Waals surface area contributed by atoms with Crippen molar-refractivity contribution in [3.8, 4) is 11.6 Å². The molecule has 1 saturated carbocycles. The molecule has 0 bridgehead atoms. The number of pyridine rings is 1. The van der Waals surface area contributed by atoms with Crippen LogP contribution in [-0.2, 0) is 9.47 Å². The number of rotatable bonds is 6. The second-order valence-corrected chi connectivity index (χ2v) is 10.5. The van der Waals surface area contributed by atoms with Crippen LogP contribution in [0.1, 0.15) is 40.5 Å². The van der Waals surface area contributed by atoms with Crippen molar-refractivity contribution in [1.29, 1.82) is 0 Å². The third kappa shape index (κ3) is 5.81. The second kappa shape index (κ2) is 9.33. The zero-order valence-corrected chi connectivity index (χ0v) is 21.4. The maximum atomic E-state index is 12.3. The molecule has 0 aromatic carbocycles. The standard InChI is InChI=1S/C23H26BrN5O6/c1-22(2,3)34-21(32)35-23(4)9-14(10-23)13-28(20(30)31)18-8-17(33-15-6-5-7-25-11-15)27-19-16(24)12-26-29(18)19/h5-8,11-12,14H,9-10,13H2,1-4H3,(H,30,31)/t14-,23+. The summed E-state index contributed by atoms with van der Waals surface area (Å²) in [6.45, 7) is 7.28. The number of carbonyl (C=O) groups excluding carboxylic acids is 1. The van der Waals surface area contributed by atoms with E-state index in [2.05, 4.69) is 31.0 Å². The summed E-state index contributed by atoms with van der Waals surface area (Å²) >= 11 is 3.40. The van der Waals surface area contributed by atoms with E-state index in [0.717, 1.165) is 0 Å². The van der Waals surface area contributed by atoms with Crippen LogP contribution in [0, 0.1) is 5.92 Å². The van der Waals surface area contributed by atoms with Crippen LogP contribution in [-0.4, -0.2) is 54.7 Å². The van der Waals surface area contributed by atoms with Crippen molar-refractivity contribution in [3.63, 3.8) is 0 Å². The maximum absolute atomic E-state index is 12.3. The fourth-order valence-electron chi connectivity index (χ4n) is 4.05. The second-order valence-electron chi connectivity index (χ2n) is 9.66. The summed E-state index contributed by atoms with van der Waals surface area (Å²) in [5.41, 5.74) is -0.968. The fraction of sp³-hybridized carbons (Fsp3) is 0.435. The van der Waals surface area contributed by atoms with Crippen molar-refractivity contribution < 1.29 is 28.9 Å². The van der Waals surface area contributed by atoms with Gasteiger partial charge in [-0.3, -0.25) is 9.88 Å². The number of hydrogen-bond donors (Lipinski definition) is 1. The molecule has 4 rings (SSSR count). The number of halogens is 1. The molecule has 0 atom stereocenters. The Hall–Kier alpha value is -3.41. The molecule has 3 aromatic rings. The molecule has 11 nitrogen and oxygen atoms in total. The number of carbonyl (C=O) groups is 2. The van der Waals surface area contributed by atoms with E-state index in [9.17, 15) is 14.7 Å². The normalized spacial score (nSPS) is 19.6. The Labute approximate surface area is 210 Å². The van der Waals surface area contributed by atoms with E-state index in [1.54, 1.807) is 39.1 Å². The Balaban J connectivity index is 1.53. The van der Waals surface area contributed by atoms with Gasteiger partial charge in [0, 0.05) is 18.8 Å². The van der Waals surface area contributed by atoms with E-state index in [0.29, 0.717) is 28.7 Å². The monoisotopic (exact) mass is 547 g/mol. The van der Waals surface area contributed by atoms with Gasteiger partial charge in [-0.2, -0.15) is 14.6 Å². The van der Waals surface area contributed by atoms with E-state index in [1.165, 1.54) is 27.9 Å². The van der Waals surface area contributed by atoms with Gasteiger partial charge in [-0.25, -0.2) is 9.59 Å². The largest absolute Gasteiger partial charge is 0.509 e. The molecule has 3 heterocycles. The predicted molar refractivity (Wildman–Crippen MR) is 129 cm³/mol. The fourth-order valence-corrected chi connectivity index (χ4v) is 4.39. The van der Waals surface area contributed by atoms with Gasteiger partial charge in [-0.15, -0.1) is 0 Å². The molecule has 1 aliphatic carbocycles. The molecule has 0 aliphatic heterocycles. The topological polar surface area (TPSA) is 128 Å². The van der Waals surface area contributed by atoms with Crippen LogP contribution in [0.5, 0.6) is 11.6 Å². The van der Waals surface area contributed by atoms with Crippen LogP contribution in [0.4, 0.5) is 15.4 Å². The first-order valence-corrected chi connectivity index (χ1v) is 11.8. The molecular formula is C23H26BrN5O6. The van der Waals surface area contributed by atoms with Gasteiger partial charge in [0.15, 0.2) is 5.65 Å². The maximum Gasteiger partial charge on any atom is 0.509 e. The van der Waals surface area contributed by atoms with Crippen LogP contribution < -0.4 is 9.64 Å². The van der Waals surface area contributed by atoms with Gasteiger partial charge in [0.2, 0.25) is 5.88 Å². The number of carboxylic acid groups (broad SMARTS) is 1. The lowest BCUT2D eigenvalue weighted by Gasteiger charge is -2.45. The van der Waals surface area contributed by atoms with Gasteiger partial charge in [0.1, 0.15) is 22.8 Å². The molecule has 1 fully saturated rings. The quantitative estimate of drug-likeness (QED) is 0.409. The summed E-state index contributed by atoms with van der Waals surface area (Å²) < 4.78 is 18.6. The van der Waals surface area contributed by atoms with Gasteiger partial charge in [-0.05, 0) is 74.5 Å². The van der Waals surface area contributed by atoms with Crippen molar-refractivity contribution in [3.05, 3.63) is 41.3 Å². The molecule has 1 amide bonds. The number of anilines is 1. The Morgan fingerprint density at radius 1 is 1.31 bits per heavy atom. The summed E-state index contributed by atoms with van der Waals surface area (Å²) in [5.74, 6) is 0.888. The lowest BCUT2D eigenvalue weighted by Crippen LogP contribution is -2.50. The average Bonchev–Trinajstić information content (AvgIpc) is 3.10. The molecule has 0 spiro atoms. The average molecular weight is 548 g/mol. The van der Waals surface area contributed by atoms with E-state index in [4.69, 9.17) is 14.2 Å². The third-order valence-electron chi connectivity index (χ3n) is 5.35. The number of hydrogen-bond acceptors (Lipinski definition) is 8. The van der Waals surface area contributed by atoms with Crippen molar-refractivity contribution in [1.82, 2.24) is 19.6 Å². The van der Waals surface area contributed by atoms with Crippen LogP contribution in [0.15, 0.2) is 41.3 Å². The molecule has 186 valence electrons. The summed E-state index contributed by atoms with van der Waals surface area (Å²) in [6, 6.07) is 4.96. The Kier molecular flexibility index (Phi) is 6.58. The summed E-state index contributed by atoms with van der Waals surface area (Å²) in [4.78, 5) is 34.0. The molecule has 1 N–H and O–H groups in total. The molecule has 1 aliphatic rings. The van der Waals surface area contributed by atoms with E-state index < -0.39 is 23.5 Å². The lowest BCUT2D eigenvalue weighted by atomic mass is 9.71. The van der Waals surface area contributed by atoms with Gasteiger partial charge < -0.3 is 19.3 Å². The molecule has 3 aromatic heterocycles. The SMILES string of the molecule is CC(C)(C)OC(=O)O[C@]1(C)C[C@H](CN(C(=O)O)c2cc(Oc3cccnc3)nc3c(Br)cnn23)C1. The summed E-state index contributed by atoms with van der Waals surface area (Å²) in [5, 5.41) is 14.3. The molecule has 12 heteroatoms. The minimum atomic E-state index is -1.15. The first-order chi connectivity index (χ1) is 16.4. The summed E-state index contributed by atoms with van der Waals surface area (Å²) in [6.07, 6.45) is 3.79. The van der Waals surface area contributed by atoms with Crippen molar-refractivity contribution in [2.75, 3.05) is 11.4 Å². The third-order valence-corrected chi connectivity index (χ3v) is 5.91. The highest BCUT2D eigenvalue weighted by atomic mass is 79.9. The van der Waals surface area contributed by atoms with E-state index in [-0.39, 0.29) is 24.2 Å². The molecule has 0 unspecified atom stereocenters. The number of nitrogens with zero attached hydrogens (tertiary/aromatic N) is 5. The summed E-state index contributed by atoms with van der Waals surface area (Å²) in [7, 11) is 0. The van der Waals surface area contributed by atoms with Crippen molar-refractivity contribution in [2.24, 2.45) is 5.92 Å². The van der Waals surface area contributed by atoms with Gasteiger partial charge in [-0.1, -0.05) is 0 Å². The van der Waals surface area contributed by atoms with Gasteiger partial charge >= 0.3 is 12.2 Å². The Bertz CT molecular complexity index is 1240. The van der Waals surface area contributed by atoms with Crippen molar-refractivity contribution in [2.45, 2.75) is 51.7 Å². The van der Waals surface area contributed by atoms with E-state index >= 15 is 0 Å². The first kappa shape index (κ1) is 24.7. The van der Waals surface area contributed by atoms with Gasteiger partial charge in [0.05, 0.1) is 16.9 Å². The highest BCUT2D eigenvalue weighted by Gasteiger charge is 2.46. The van der Waals surface area contributed by atoms with E-state index in [1.807, 2.05) is 6.92 Å². The zero-order valence-electron chi connectivity index (χ0n) is 19.8. The zero-order chi connectivity index (χ0) is 25.4. The molecule has 0 radical (unpaired) electrons. The number of amides is 1. The predicted octanol–water partition coefficient (Wildman–Crippen LogP) is 5.28. The molecule has 0 saturated heterocycles.